The van der Waals surface area contributed by atoms with Gasteiger partial charge in [0.05, 0.1) is 25.5 Å². The van der Waals surface area contributed by atoms with E-state index in [2.05, 4.69) is 13.8 Å². The number of para-hydroxylation sites is 1. The van der Waals surface area contributed by atoms with Crippen LogP contribution in [0.5, 0.6) is 0 Å². The van der Waals surface area contributed by atoms with Crippen LogP contribution in [-0.2, 0) is 19.1 Å². The first kappa shape index (κ1) is 18.9. The molecular weight excluding hydrogens is 338 g/mol. The topological polar surface area (TPSA) is 55.8 Å². The summed E-state index contributed by atoms with van der Waals surface area (Å²) in [5.74, 6) is -1.21. The van der Waals surface area contributed by atoms with E-state index in [-0.39, 0.29) is 11.3 Å². The van der Waals surface area contributed by atoms with Gasteiger partial charge in [-0.2, -0.15) is 0 Å². The molecule has 1 heterocycles. The molecule has 0 bridgehead atoms. The largest absolute Gasteiger partial charge is 0.465 e. The molecule has 0 fully saturated rings. The van der Waals surface area contributed by atoms with E-state index < -0.39 is 11.9 Å². The number of carbonyl (C=O) groups is 2. The van der Waals surface area contributed by atoms with Crippen molar-refractivity contribution in [2.24, 2.45) is 0 Å². The summed E-state index contributed by atoms with van der Waals surface area (Å²) in [4.78, 5) is 27.3. The van der Waals surface area contributed by atoms with Crippen LogP contribution in [0.4, 0.5) is 5.69 Å². The first-order valence-corrected chi connectivity index (χ1v) is 8.68. The van der Waals surface area contributed by atoms with Crippen molar-refractivity contribution in [2.45, 2.75) is 24.0 Å². The Bertz CT molecular complexity index is 750. The summed E-state index contributed by atoms with van der Waals surface area (Å²) in [7, 11) is 2.57. The van der Waals surface area contributed by atoms with Gasteiger partial charge in [0.1, 0.15) is 5.70 Å². The second-order valence-electron chi connectivity index (χ2n) is 5.45. The molecule has 0 N–H and O–H groups in total. The molecule has 0 unspecified atom stereocenters. The van der Waals surface area contributed by atoms with Crippen molar-refractivity contribution < 1.29 is 19.1 Å². The molecule has 0 saturated carbocycles. The zero-order valence-electron chi connectivity index (χ0n) is 14.7. The molecule has 0 atom stereocenters. The molecule has 1 aromatic rings. The number of carbonyl (C=O) groups excluding carboxylic acids is 2. The van der Waals surface area contributed by atoms with E-state index in [1.165, 1.54) is 14.2 Å². The highest BCUT2D eigenvalue weighted by molar-refractivity contribution is 8.00. The lowest BCUT2D eigenvalue weighted by Gasteiger charge is -2.25. The van der Waals surface area contributed by atoms with Gasteiger partial charge in [-0.3, -0.25) is 0 Å². The zero-order valence-corrected chi connectivity index (χ0v) is 15.5. The van der Waals surface area contributed by atoms with Crippen molar-refractivity contribution in [3.63, 3.8) is 0 Å². The summed E-state index contributed by atoms with van der Waals surface area (Å²) < 4.78 is 9.76. The van der Waals surface area contributed by atoms with Crippen LogP contribution >= 0.6 is 11.8 Å². The molecule has 132 valence electrons. The third-order valence-corrected chi connectivity index (χ3v) is 4.45. The number of benzene rings is 1. The van der Waals surface area contributed by atoms with Crippen LogP contribution in [-0.4, -0.2) is 31.4 Å². The van der Waals surface area contributed by atoms with Crippen LogP contribution in [0.25, 0.3) is 0 Å². The average molecular weight is 359 g/mol. The number of hydrogen-bond acceptors (Lipinski definition) is 6. The van der Waals surface area contributed by atoms with Crippen molar-refractivity contribution in [3.05, 3.63) is 60.0 Å². The van der Waals surface area contributed by atoms with Crippen LogP contribution in [0, 0.1) is 0 Å². The summed E-state index contributed by atoms with van der Waals surface area (Å²) in [6, 6.07) is 7.71. The van der Waals surface area contributed by atoms with Crippen molar-refractivity contribution in [1.29, 1.82) is 0 Å². The first-order chi connectivity index (χ1) is 12.0. The zero-order chi connectivity index (χ0) is 18.4. The molecule has 5 nitrogen and oxygen atoms in total. The molecule has 0 aliphatic carbocycles. The minimum Gasteiger partial charge on any atom is -0.465 e. The lowest BCUT2D eigenvalue weighted by atomic mass is 10.1. The fraction of sp³-hybridized carbons (Fsp3) is 0.263. The van der Waals surface area contributed by atoms with E-state index >= 15 is 0 Å². The molecule has 1 aromatic carbocycles. The van der Waals surface area contributed by atoms with Crippen molar-refractivity contribution >= 4 is 29.4 Å². The Kier molecular flexibility index (Phi) is 6.47. The molecular formula is C19H21NO4S. The molecule has 0 spiro atoms. The lowest BCUT2D eigenvalue weighted by Crippen LogP contribution is -2.27. The second kappa shape index (κ2) is 8.58. The standard InChI is InChI=1S/C19H21NO4S/c1-13(2)25-16-11-6-5-10-15(16)20-12-8-7-9-14(18(21)23-3)17(20)19(22)24-4/h5-13H,1-4H3. The minimum absolute atomic E-state index is 0.121. The molecule has 0 aromatic heterocycles. The summed E-state index contributed by atoms with van der Waals surface area (Å²) in [5.41, 5.74) is 1.06. The van der Waals surface area contributed by atoms with Gasteiger partial charge < -0.3 is 14.4 Å². The Labute approximate surface area is 152 Å². The predicted molar refractivity (Wildman–Crippen MR) is 99.3 cm³/mol. The number of nitrogens with zero attached hydrogens (tertiary/aromatic N) is 1. The number of anilines is 1. The molecule has 0 radical (unpaired) electrons. The maximum absolute atomic E-state index is 12.5. The van der Waals surface area contributed by atoms with Crippen LogP contribution in [0.15, 0.2) is 64.9 Å². The monoisotopic (exact) mass is 359 g/mol. The van der Waals surface area contributed by atoms with E-state index in [1.807, 2.05) is 24.3 Å². The van der Waals surface area contributed by atoms with Crippen LogP contribution < -0.4 is 4.90 Å². The van der Waals surface area contributed by atoms with E-state index in [9.17, 15) is 9.59 Å². The van der Waals surface area contributed by atoms with Gasteiger partial charge in [-0.05, 0) is 24.3 Å². The number of ether oxygens (including phenoxy) is 2. The lowest BCUT2D eigenvalue weighted by molar-refractivity contribution is -0.139. The molecule has 2 rings (SSSR count). The average Bonchev–Trinajstić information content (AvgIpc) is 2.83. The Hall–Kier alpha value is -2.47. The number of methoxy groups -OCH3 is 2. The fourth-order valence-corrected chi connectivity index (χ4v) is 3.31. The number of thioether (sulfide) groups is 1. The van der Waals surface area contributed by atoms with Gasteiger partial charge in [-0.1, -0.05) is 32.1 Å². The van der Waals surface area contributed by atoms with Crippen molar-refractivity contribution in [1.82, 2.24) is 0 Å². The normalized spacial score (nSPS) is 13.9. The van der Waals surface area contributed by atoms with Crippen molar-refractivity contribution in [3.8, 4) is 0 Å². The summed E-state index contributed by atoms with van der Waals surface area (Å²) >= 11 is 1.68. The van der Waals surface area contributed by atoms with Crippen molar-refractivity contribution in [2.75, 3.05) is 19.1 Å². The van der Waals surface area contributed by atoms with Gasteiger partial charge in [0, 0.05) is 16.3 Å². The number of allylic oxidation sites excluding steroid dienone is 2. The second-order valence-corrected chi connectivity index (χ2v) is 7.07. The number of hydrogen-bond donors (Lipinski definition) is 0. The van der Waals surface area contributed by atoms with E-state index in [4.69, 9.17) is 9.47 Å². The van der Waals surface area contributed by atoms with Crippen LogP contribution in [0.1, 0.15) is 13.8 Å². The molecule has 25 heavy (non-hydrogen) atoms. The quantitative estimate of drug-likeness (QED) is 0.590. The Balaban J connectivity index is 2.66. The van der Waals surface area contributed by atoms with Crippen LogP contribution in [0.2, 0.25) is 0 Å². The molecule has 1 aliphatic heterocycles. The Morgan fingerprint density at radius 3 is 2.36 bits per heavy atom. The third kappa shape index (κ3) is 4.33. The van der Waals surface area contributed by atoms with Gasteiger partial charge in [0.25, 0.3) is 0 Å². The highest BCUT2D eigenvalue weighted by atomic mass is 32.2. The van der Waals surface area contributed by atoms with Gasteiger partial charge in [0.15, 0.2) is 0 Å². The Morgan fingerprint density at radius 2 is 1.72 bits per heavy atom. The number of esters is 2. The maximum Gasteiger partial charge on any atom is 0.355 e. The predicted octanol–water partition coefficient (Wildman–Crippen LogP) is 3.68. The third-order valence-electron chi connectivity index (χ3n) is 3.38. The molecule has 0 amide bonds. The number of rotatable bonds is 5. The SMILES string of the molecule is COC(=O)C1=C(C(=O)OC)N(c2ccccc2SC(C)C)C=CC=C1. The van der Waals surface area contributed by atoms with Gasteiger partial charge in [-0.15, -0.1) is 11.8 Å². The molecule has 6 heteroatoms. The highest BCUT2D eigenvalue weighted by Gasteiger charge is 2.28. The first-order valence-electron chi connectivity index (χ1n) is 7.80. The van der Waals surface area contributed by atoms with Gasteiger partial charge in [0.2, 0.25) is 0 Å². The summed E-state index contributed by atoms with van der Waals surface area (Å²) in [5, 5.41) is 0.362. The smallest absolute Gasteiger partial charge is 0.355 e. The van der Waals surface area contributed by atoms with E-state index in [1.54, 1.807) is 41.1 Å². The van der Waals surface area contributed by atoms with Crippen LogP contribution in [0.3, 0.4) is 0 Å². The molecule has 0 saturated heterocycles. The minimum atomic E-state index is -0.610. The highest BCUT2D eigenvalue weighted by Crippen LogP contribution is 2.36. The summed E-state index contributed by atoms with van der Waals surface area (Å²) in [6.07, 6.45) is 6.73. The Morgan fingerprint density at radius 1 is 1.04 bits per heavy atom. The maximum atomic E-state index is 12.5. The van der Waals surface area contributed by atoms with Gasteiger partial charge in [-0.25, -0.2) is 9.59 Å². The van der Waals surface area contributed by atoms with E-state index in [0.717, 1.165) is 10.6 Å². The summed E-state index contributed by atoms with van der Waals surface area (Å²) in [6.45, 7) is 4.19. The van der Waals surface area contributed by atoms with E-state index in [0.29, 0.717) is 5.25 Å². The fourth-order valence-electron chi connectivity index (χ4n) is 2.36. The molecule has 1 aliphatic rings. The van der Waals surface area contributed by atoms with Gasteiger partial charge >= 0.3 is 11.9 Å².